The lowest BCUT2D eigenvalue weighted by Crippen LogP contribution is -2.05. The highest BCUT2D eigenvalue weighted by atomic mass is 32.2. The predicted octanol–water partition coefficient (Wildman–Crippen LogP) is 1.56. The van der Waals surface area contributed by atoms with Crippen LogP contribution in [0.15, 0.2) is 11.4 Å². The van der Waals surface area contributed by atoms with Gasteiger partial charge in [0.05, 0.1) is 6.61 Å². The number of hydrogen-bond acceptors (Lipinski definition) is 4. The quantitative estimate of drug-likeness (QED) is 0.698. The van der Waals surface area contributed by atoms with Gasteiger partial charge in [0, 0.05) is 18.5 Å². The van der Waals surface area contributed by atoms with Crippen LogP contribution < -0.4 is 0 Å². The number of aromatic nitrogens is 2. The Morgan fingerprint density at radius 3 is 3.36 bits per heavy atom. The van der Waals surface area contributed by atoms with E-state index in [1.807, 2.05) is 4.57 Å². The van der Waals surface area contributed by atoms with E-state index in [1.165, 1.54) is 0 Å². The summed E-state index contributed by atoms with van der Waals surface area (Å²) in [7, 11) is 0. The summed E-state index contributed by atoms with van der Waals surface area (Å²) in [5.74, 6) is 0.759. The summed E-state index contributed by atoms with van der Waals surface area (Å²) < 4.78 is 6.90. The molecule has 0 fully saturated rings. The zero-order valence-corrected chi connectivity index (χ0v) is 8.84. The van der Waals surface area contributed by atoms with Crippen LogP contribution in [0, 0.1) is 0 Å². The molecular weight excluding hydrogens is 200 g/mol. The van der Waals surface area contributed by atoms with E-state index in [4.69, 9.17) is 4.74 Å². The molecule has 1 aromatic rings. The van der Waals surface area contributed by atoms with E-state index in [0.29, 0.717) is 12.3 Å². The number of rotatable bonds is 2. The van der Waals surface area contributed by atoms with Crippen LogP contribution in [0.3, 0.4) is 0 Å². The second-order valence-electron chi connectivity index (χ2n) is 3.02. The molecular formula is C9H12N2O2S. The van der Waals surface area contributed by atoms with E-state index in [0.717, 1.165) is 23.9 Å². The van der Waals surface area contributed by atoms with Crippen LogP contribution in [0.4, 0.5) is 0 Å². The second kappa shape index (κ2) is 4.04. The summed E-state index contributed by atoms with van der Waals surface area (Å²) in [6, 6.07) is 0. The Labute approximate surface area is 86.7 Å². The third-order valence-corrected chi connectivity index (χ3v) is 3.08. The van der Waals surface area contributed by atoms with Gasteiger partial charge >= 0.3 is 5.97 Å². The highest BCUT2D eigenvalue weighted by molar-refractivity contribution is 7.99. The van der Waals surface area contributed by atoms with Crippen molar-refractivity contribution in [3.8, 4) is 0 Å². The summed E-state index contributed by atoms with van der Waals surface area (Å²) in [5.41, 5.74) is 0.427. The fraction of sp³-hybridized carbons (Fsp3) is 0.556. The van der Waals surface area contributed by atoms with Crippen LogP contribution in [-0.2, 0) is 11.3 Å². The van der Waals surface area contributed by atoms with Crippen molar-refractivity contribution in [3.05, 3.63) is 11.9 Å². The van der Waals surface area contributed by atoms with E-state index in [9.17, 15) is 4.79 Å². The zero-order valence-electron chi connectivity index (χ0n) is 8.02. The zero-order chi connectivity index (χ0) is 9.97. The van der Waals surface area contributed by atoms with E-state index in [1.54, 1.807) is 24.9 Å². The van der Waals surface area contributed by atoms with Crippen LogP contribution in [0.1, 0.15) is 23.8 Å². The number of aryl methyl sites for hydroxylation is 1. The van der Waals surface area contributed by atoms with Gasteiger partial charge in [-0.3, -0.25) is 0 Å². The molecule has 0 spiro atoms. The summed E-state index contributed by atoms with van der Waals surface area (Å²) in [4.78, 5) is 15.6. The minimum atomic E-state index is -0.324. The fourth-order valence-electron chi connectivity index (χ4n) is 1.38. The molecule has 0 radical (unpaired) electrons. The van der Waals surface area contributed by atoms with Crippen molar-refractivity contribution in [2.45, 2.75) is 25.0 Å². The molecule has 4 nitrogen and oxygen atoms in total. The van der Waals surface area contributed by atoms with Gasteiger partial charge in [0.1, 0.15) is 0 Å². The molecule has 0 aromatic carbocycles. The van der Waals surface area contributed by atoms with Crippen LogP contribution in [-0.4, -0.2) is 27.9 Å². The van der Waals surface area contributed by atoms with Gasteiger partial charge in [-0.25, -0.2) is 9.78 Å². The molecule has 2 heterocycles. The minimum absolute atomic E-state index is 0.324. The molecule has 14 heavy (non-hydrogen) atoms. The molecule has 1 aliphatic heterocycles. The molecule has 0 saturated heterocycles. The van der Waals surface area contributed by atoms with Crippen molar-refractivity contribution in [1.29, 1.82) is 0 Å². The molecule has 0 saturated carbocycles. The van der Waals surface area contributed by atoms with Crippen LogP contribution in [0.2, 0.25) is 0 Å². The number of ether oxygens (including phenoxy) is 1. The third kappa shape index (κ3) is 1.77. The lowest BCUT2D eigenvalue weighted by molar-refractivity contribution is 0.0519. The lowest BCUT2D eigenvalue weighted by atomic mass is 10.4. The van der Waals surface area contributed by atoms with Gasteiger partial charge in [0.25, 0.3) is 0 Å². The smallest absolute Gasteiger partial charge is 0.358 e. The molecule has 0 atom stereocenters. The molecule has 0 N–H and O–H groups in total. The highest BCUT2D eigenvalue weighted by Gasteiger charge is 2.17. The van der Waals surface area contributed by atoms with E-state index >= 15 is 0 Å². The first-order valence-electron chi connectivity index (χ1n) is 4.68. The van der Waals surface area contributed by atoms with Crippen LogP contribution in [0.5, 0.6) is 0 Å². The molecule has 0 bridgehead atoms. The Kier molecular flexibility index (Phi) is 2.77. The van der Waals surface area contributed by atoms with Gasteiger partial charge < -0.3 is 9.30 Å². The Hall–Kier alpha value is -0.970. The van der Waals surface area contributed by atoms with Gasteiger partial charge in [0.2, 0.25) is 0 Å². The van der Waals surface area contributed by atoms with Gasteiger partial charge in [-0.1, -0.05) is 11.8 Å². The normalized spacial score (nSPS) is 14.9. The monoisotopic (exact) mass is 212 g/mol. The number of imidazole rings is 1. The van der Waals surface area contributed by atoms with Crippen molar-refractivity contribution >= 4 is 17.7 Å². The first-order chi connectivity index (χ1) is 6.81. The summed E-state index contributed by atoms with van der Waals surface area (Å²) >= 11 is 1.69. The molecule has 0 amide bonds. The number of nitrogens with zero attached hydrogens (tertiary/aromatic N) is 2. The third-order valence-electron chi connectivity index (χ3n) is 2.00. The number of esters is 1. The van der Waals surface area contributed by atoms with Crippen molar-refractivity contribution in [2.24, 2.45) is 0 Å². The molecule has 2 rings (SSSR count). The van der Waals surface area contributed by atoms with E-state index < -0.39 is 0 Å². The summed E-state index contributed by atoms with van der Waals surface area (Å²) in [6.07, 6.45) is 2.91. The molecule has 0 aliphatic carbocycles. The van der Waals surface area contributed by atoms with E-state index in [-0.39, 0.29) is 5.97 Å². The van der Waals surface area contributed by atoms with E-state index in [2.05, 4.69) is 4.98 Å². The average Bonchev–Trinajstić information content (AvgIpc) is 2.61. The minimum Gasteiger partial charge on any atom is -0.461 e. The van der Waals surface area contributed by atoms with Gasteiger partial charge in [-0.2, -0.15) is 0 Å². The average molecular weight is 212 g/mol. The molecule has 1 aliphatic rings. The highest BCUT2D eigenvalue weighted by Crippen LogP contribution is 2.23. The SMILES string of the molecule is CCOC(=O)c1cn2c(n1)SCCC2. The van der Waals surface area contributed by atoms with Crippen LogP contribution in [0.25, 0.3) is 0 Å². The summed E-state index contributed by atoms with van der Waals surface area (Å²) in [5, 5.41) is 0.930. The Morgan fingerprint density at radius 2 is 2.64 bits per heavy atom. The number of thioether (sulfide) groups is 1. The largest absolute Gasteiger partial charge is 0.461 e. The lowest BCUT2D eigenvalue weighted by Gasteiger charge is -2.11. The predicted molar refractivity (Wildman–Crippen MR) is 53.5 cm³/mol. The molecule has 0 unspecified atom stereocenters. The molecule has 5 heteroatoms. The number of fused-ring (bicyclic) bond motifs is 1. The van der Waals surface area contributed by atoms with Gasteiger partial charge in [0.15, 0.2) is 10.9 Å². The Balaban J connectivity index is 2.19. The standard InChI is InChI=1S/C9H12N2O2S/c1-2-13-8(12)7-6-11-4-3-5-14-9(11)10-7/h6H,2-5H2,1H3. The maximum Gasteiger partial charge on any atom is 0.358 e. The Morgan fingerprint density at radius 1 is 1.79 bits per heavy atom. The number of hydrogen-bond donors (Lipinski definition) is 0. The van der Waals surface area contributed by atoms with Crippen molar-refractivity contribution < 1.29 is 9.53 Å². The Bertz CT molecular complexity index is 325. The topological polar surface area (TPSA) is 44.1 Å². The maximum atomic E-state index is 11.4. The first-order valence-corrected chi connectivity index (χ1v) is 5.67. The number of carbonyl (C=O) groups is 1. The van der Waals surface area contributed by atoms with Crippen molar-refractivity contribution in [1.82, 2.24) is 9.55 Å². The maximum absolute atomic E-state index is 11.4. The second-order valence-corrected chi connectivity index (χ2v) is 4.09. The summed E-state index contributed by atoms with van der Waals surface area (Å²) in [6.45, 7) is 3.14. The fourth-order valence-corrected chi connectivity index (χ4v) is 2.30. The molecule has 76 valence electrons. The van der Waals surface area contributed by atoms with Gasteiger partial charge in [-0.15, -0.1) is 0 Å². The van der Waals surface area contributed by atoms with Crippen molar-refractivity contribution in [3.63, 3.8) is 0 Å². The van der Waals surface area contributed by atoms with Crippen LogP contribution >= 0.6 is 11.8 Å². The first kappa shape index (κ1) is 9.58. The number of carbonyl (C=O) groups excluding carboxylic acids is 1. The van der Waals surface area contributed by atoms with Crippen molar-refractivity contribution in [2.75, 3.05) is 12.4 Å². The molecule has 1 aromatic heterocycles. The van der Waals surface area contributed by atoms with Gasteiger partial charge in [-0.05, 0) is 13.3 Å².